The first-order valence-electron chi connectivity index (χ1n) is 11.2. The van der Waals surface area contributed by atoms with E-state index in [4.69, 9.17) is 16.1 Å². The number of nitrogens with zero attached hydrogens (tertiary/aromatic N) is 2. The fourth-order valence-electron chi connectivity index (χ4n) is 4.88. The van der Waals surface area contributed by atoms with Crippen molar-refractivity contribution < 1.29 is 9.32 Å². The first-order valence-corrected chi connectivity index (χ1v) is 11.6. The fourth-order valence-corrected chi connectivity index (χ4v) is 5.14. The SMILES string of the molecule is Cc1onc2c1c(=O)n(C1CCCC(NC(=O)CNc3ccccc3)C1)c1cccc(Cl)c21. The van der Waals surface area contributed by atoms with Crippen molar-refractivity contribution in [2.45, 2.75) is 44.7 Å². The first-order chi connectivity index (χ1) is 16.0. The summed E-state index contributed by atoms with van der Waals surface area (Å²) >= 11 is 6.53. The summed E-state index contributed by atoms with van der Waals surface area (Å²) in [5.41, 5.74) is 2.03. The van der Waals surface area contributed by atoms with Crippen LogP contribution in [0.1, 0.15) is 37.5 Å². The second-order valence-electron chi connectivity index (χ2n) is 8.58. The van der Waals surface area contributed by atoms with Gasteiger partial charge in [0.1, 0.15) is 16.7 Å². The molecule has 2 aromatic heterocycles. The summed E-state index contributed by atoms with van der Waals surface area (Å²) in [7, 11) is 0. The minimum absolute atomic E-state index is 0.00535. The number of nitrogens with one attached hydrogen (secondary N) is 2. The number of para-hydroxylation sites is 1. The third-order valence-corrected chi connectivity index (χ3v) is 6.70. The Balaban J connectivity index is 1.41. The molecule has 1 saturated carbocycles. The zero-order valence-corrected chi connectivity index (χ0v) is 19.1. The molecule has 1 fully saturated rings. The second-order valence-corrected chi connectivity index (χ2v) is 8.98. The summed E-state index contributed by atoms with van der Waals surface area (Å²) in [6.07, 6.45) is 3.33. The lowest BCUT2D eigenvalue weighted by molar-refractivity contribution is -0.120. The van der Waals surface area contributed by atoms with Gasteiger partial charge in [-0.3, -0.25) is 9.59 Å². The van der Waals surface area contributed by atoms with Crippen LogP contribution in [0.5, 0.6) is 0 Å². The van der Waals surface area contributed by atoms with E-state index in [2.05, 4.69) is 15.8 Å². The molecule has 33 heavy (non-hydrogen) atoms. The van der Waals surface area contributed by atoms with Gasteiger partial charge in [0.2, 0.25) is 5.91 Å². The number of hydrogen-bond donors (Lipinski definition) is 2. The number of aryl methyl sites for hydroxylation is 1. The first kappa shape index (κ1) is 21.5. The number of pyridine rings is 1. The van der Waals surface area contributed by atoms with Crippen molar-refractivity contribution in [2.75, 3.05) is 11.9 Å². The van der Waals surface area contributed by atoms with Crippen LogP contribution in [-0.4, -0.2) is 28.2 Å². The number of carbonyl (C=O) groups excluding carboxylic acids is 1. The Morgan fingerprint density at radius 3 is 2.79 bits per heavy atom. The molecule has 1 aliphatic carbocycles. The predicted molar refractivity (Wildman–Crippen MR) is 130 cm³/mol. The van der Waals surface area contributed by atoms with E-state index >= 15 is 0 Å². The van der Waals surface area contributed by atoms with Crippen molar-refractivity contribution in [2.24, 2.45) is 0 Å². The Hall–Kier alpha value is -3.32. The minimum Gasteiger partial charge on any atom is -0.376 e. The molecule has 0 bridgehead atoms. The third kappa shape index (κ3) is 4.09. The molecule has 2 N–H and O–H groups in total. The number of carbonyl (C=O) groups is 1. The summed E-state index contributed by atoms with van der Waals surface area (Å²) in [5, 5.41) is 12.1. The molecule has 5 rings (SSSR count). The molecular formula is C25H25ClN4O3. The Labute approximate surface area is 195 Å². The molecule has 0 aliphatic heterocycles. The summed E-state index contributed by atoms with van der Waals surface area (Å²) in [4.78, 5) is 26.1. The lowest BCUT2D eigenvalue weighted by atomic mass is 9.90. The molecule has 1 aliphatic rings. The van der Waals surface area contributed by atoms with E-state index in [0.717, 1.165) is 35.9 Å². The summed E-state index contributed by atoms with van der Waals surface area (Å²) in [5.74, 6) is 0.424. The smallest absolute Gasteiger partial charge is 0.264 e. The van der Waals surface area contributed by atoms with Crippen LogP contribution in [0.4, 0.5) is 5.69 Å². The average molecular weight is 465 g/mol. The molecule has 7 nitrogen and oxygen atoms in total. The highest BCUT2D eigenvalue weighted by atomic mass is 35.5. The number of fused-ring (bicyclic) bond motifs is 3. The lowest BCUT2D eigenvalue weighted by Crippen LogP contribution is -2.42. The number of anilines is 1. The number of amides is 1. The zero-order chi connectivity index (χ0) is 22.9. The lowest BCUT2D eigenvalue weighted by Gasteiger charge is -2.32. The van der Waals surface area contributed by atoms with Gasteiger partial charge < -0.3 is 19.7 Å². The maximum atomic E-state index is 13.5. The molecule has 0 radical (unpaired) electrons. The topological polar surface area (TPSA) is 89.2 Å². The molecule has 2 atom stereocenters. The van der Waals surface area contributed by atoms with Crippen molar-refractivity contribution in [1.82, 2.24) is 15.0 Å². The quantitative estimate of drug-likeness (QED) is 0.442. The van der Waals surface area contributed by atoms with Crippen molar-refractivity contribution in [1.29, 1.82) is 0 Å². The standard InChI is InChI=1S/C25H25ClN4O3/c1-15-22-24(29-33-15)23-19(26)11-6-12-20(23)30(25(22)32)18-10-5-9-17(13-18)28-21(31)14-27-16-7-3-2-4-8-16/h2-4,6-8,11-12,17-18,27H,5,9-10,13-14H2,1H3,(H,28,31). The molecule has 170 valence electrons. The maximum absolute atomic E-state index is 13.5. The maximum Gasteiger partial charge on any atom is 0.264 e. The van der Waals surface area contributed by atoms with Crippen LogP contribution in [0.3, 0.4) is 0 Å². The highest BCUT2D eigenvalue weighted by molar-refractivity contribution is 6.37. The summed E-state index contributed by atoms with van der Waals surface area (Å²) in [6, 6.07) is 15.1. The van der Waals surface area contributed by atoms with E-state index in [1.54, 1.807) is 13.0 Å². The van der Waals surface area contributed by atoms with Crippen LogP contribution in [0, 0.1) is 6.92 Å². The highest BCUT2D eigenvalue weighted by Crippen LogP contribution is 2.35. The summed E-state index contributed by atoms with van der Waals surface area (Å²) < 4.78 is 7.18. The van der Waals surface area contributed by atoms with E-state index in [1.807, 2.05) is 47.0 Å². The second kappa shape index (κ2) is 8.90. The summed E-state index contributed by atoms with van der Waals surface area (Å²) in [6.45, 7) is 1.95. The third-order valence-electron chi connectivity index (χ3n) is 6.39. The van der Waals surface area contributed by atoms with Gasteiger partial charge >= 0.3 is 0 Å². The van der Waals surface area contributed by atoms with Crippen LogP contribution in [-0.2, 0) is 4.79 Å². The van der Waals surface area contributed by atoms with Crippen LogP contribution in [0.25, 0.3) is 21.8 Å². The van der Waals surface area contributed by atoms with Crippen LogP contribution >= 0.6 is 11.6 Å². The molecule has 2 aromatic carbocycles. The van der Waals surface area contributed by atoms with E-state index in [0.29, 0.717) is 28.1 Å². The van der Waals surface area contributed by atoms with E-state index in [-0.39, 0.29) is 30.1 Å². The largest absolute Gasteiger partial charge is 0.376 e. The van der Waals surface area contributed by atoms with Gasteiger partial charge in [-0.15, -0.1) is 0 Å². The molecule has 4 aromatic rings. The number of hydrogen-bond acceptors (Lipinski definition) is 5. The van der Waals surface area contributed by atoms with Gasteiger partial charge in [0.15, 0.2) is 0 Å². The zero-order valence-electron chi connectivity index (χ0n) is 18.3. The molecule has 1 amide bonds. The Kier molecular flexibility index (Phi) is 5.81. The van der Waals surface area contributed by atoms with Gasteiger partial charge in [0.05, 0.1) is 17.1 Å². The normalized spacial score (nSPS) is 18.5. The molecule has 0 saturated heterocycles. The van der Waals surface area contributed by atoms with Gasteiger partial charge in [-0.05, 0) is 56.9 Å². The van der Waals surface area contributed by atoms with Gasteiger partial charge in [-0.25, -0.2) is 0 Å². The number of benzene rings is 2. The van der Waals surface area contributed by atoms with E-state index in [1.165, 1.54) is 0 Å². The molecular weight excluding hydrogens is 440 g/mol. The van der Waals surface area contributed by atoms with Crippen molar-refractivity contribution >= 4 is 45.0 Å². The van der Waals surface area contributed by atoms with Crippen molar-refractivity contribution in [3.63, 3.8) is 0 Å². The van der Waals surface area contributed by atoms with Crippen molar-refractivity contribution in [3.8, 4) is 0 Å². The minimum atomic E-state index is -0.124. The van der Waals surface area contributed by atoms with Crippen molar-refractivity contribution in [3.05, 3.63) is 69.7 Å². The van der Waals surface area contributed by atoms with E-state index < -0.39 is 0 Å². The number of aromatic nitrogens is 2. The number of rotatable bonds is 5. The van der Waals surface area contributed by atoms with Gasteiger partial charge in [0.25, 0.3) is 5.56 Å². The van der Waals surface area contributed by atoms with Crippen LogP contribution in [0.2, 0.25) is 5.02 Å². The van der Waals surface area contributed by atoms with Crippen LogP contribution in [0.15, 0.2) is 57.8 Å². The Morgan fingerprint density at radius 2 is 1.97 bits per heavy atom. The Bertz CT molecular complexity index is 1380. The molecule has 2 heterocycles. The van der Waals surface area contributed by atoms with Gasteiger partial charge in [0, 0.05) is 23.2 Å². The molecule has 8 heteroatoms. The monoisotopic (exact) mass is 464 g/mol. The Morgan fingerprint density at radius 1 is 1.15 bits per heavy atom. The predicted octanol–water partition coefficient (Wildman–Crippen LogP) is 4.82. The molecule has 2 unspecified atom stereocenters. The van der Waals surface area contributed by atoms with Gasteiger partial charge in [-0.1, -0.05) is 41.0 Å². The van der Waals surface area contributed by atoms with E-state index in [9.17, 15) is 9.59 Å². The molecule has 0 spiro atoms. The average Bonchev–Trinajstić information content (AvgIpc) is 3.20. The van der Waals surface area contributed by atoms with Gasteiger partial charge in [-0.2, -0.15) is 0 Å². The number of halogens is 1. The fraction of sp³-hybridized carbons (Fsp3) is 0.320. The van der Waals surface area contributed by atoms with Crippen LogP contribution < -0.4 is 16.2 Å². The highest BCUT2D eigenvalue weighted by Gasteiger charge is 2.28.